The van der Waals surface area contributed by atoms with Gasteiger partial charge < -0.3 is 24.8 Å². The molecule has 8 heteroatoms. The minimum Gasteiger partial charge on any atom is -0.422 e. The first kappa shape index (κ1) is 14.0. The van der Waals surface area contributed by atoms with Crippen molar-refractivity contribution >= 4 is 12.2 Å². The SMILES string of the molecule is CC(C)OCOC(=O)NCNC(=O)OC#N. The highest BCUT2D eigenvalue weighted by Gasteiger charge is 2.04. The number of nitriles is 1. The van der Waals surface area contributed by atoms with Gasteiger partial charge in [0.15, 0.2) is 6.79 Å². The topological polar surface area (TPSA) is 110 Å². The zero-order chi connectivity index (χ0) is 12.4. The number of nitrogens with one attached hydrogen (secondary N) is 2. The van der Waals surface area contributed by atoms with Gasteiger partial charge in [0.2, 0.25) is 0 Å². The van der Waals surface area contributed by atoms with Gasteiger partial charge in [-0.3, -0.25) is 0 Å². The van der Waals surface area contributed by atoms with Crippen molar-refractivity contribution in [1.82, 2.24) is 10.6 Å². The number of nitrogens with zero attached hydrogens (tertiary/aromatic N) is 1. The molecule has 0 radical (unpaired) electrons. The summed E-state index contributed by atoms with van der Waals surface area (Å²) in [5, 5.41) is 12.2. The largest absolute Gasteiger partial charge is 0.424 e. The van der Waals surface area contributed by atoms with Crippen LogP contribution in [0, 0.1) is 11.5 Å². The molecule has 90 valence electrons. The summed E-state index contributed by atoms with van der Waals surface area (Å²) in [6, 6.07) is 0. The van der Waals surface area contributed by atoms with Crippen molar-refractivity contribution in [2.24, 2.45) is 0 Å². The molecule has 0 aromatic heterocycles. The van der Waals surface area contributed by atoms with Gasteiger partial charge in [-0.25, -0.2) is 9.59 Å². The fraction of sp³-hybridized carbons (Fsp3) is 0.625. The molecule has 0 bridgehead atoms. The molecule has 2 amide bonds. The molecule has 0 atom stereocenters. The predicted octanol–water partition coefficient (Wildman–Crippen LogP) is 0.260. The first-order valence-electron chi connectivity index (χ1n) is 4.42. The van der Waals surface area contributed by atoms with E-state index in [1.807, 2.05) is 0 Å². The third kappa shape index (κ3) is 8.58. The molecule has 0 aromatic rings. The Morgan fingerprint density at radius 1 is 1.31 bits per heavy atom. The summed E-state index contributed by atoms with van der Waals surface area (Å²) in [6.07, 6.45) is -0.578. The summed E-state index contributed by atoms with van der Waals surface area (Å²) in [5.41, 5.74) is 0. The number of hydrogen-bond acceptors (Lipinski definition) is 6. The van der Waals surface area contributed by atoms with Crippen LogP contribution < -0.4 is 10.6 Å². The van der Waals surface area contributed by atoms with Crippen LogP contribution in [-0.2, 0) is 14.2 Å². The van der Waals surface area contributed by atoms with Crippen LogP contribution in [0.2, 0.25) is 0 Å². The molecule has 0 aliphatic heterocycles. The summed E-state index contributed by atoms with van der Waals surface area (Å²) >= 11 is 0. The van der Waals surface area contributed by atoms with Gasteiger partial charge in [-0.2, -0.15) is 0 Å². The van der Waals surface area contributed by atoms with Gasteiger partial charge in [-0.1, -0.05) is 0 Å². The Kier molecular flexibility index (Phi) is 7.27. The maximum atomic E-state index is 10.9. The monoisotopic (exact) mass is 231 g/mol. The molecule has 0 saturated heterocycles. The second kappa shape index (κ2) is 8.31. The van der Waals surface area contributed by atoms with Crippen LogP contribution in [0.4, 0.5) is 9.59 Å². The van der Waals surface area contributed by atoms with Gasteiger partial charge in [0, 0.05) is 0 Å². The van der Waals surface area contributed by atoms with E-state index in [1.54, 1.807) is 13.8 Å². The molecule has 0 aromatic carbocycles. The lowest BCUT2D eigenvalue weighted by molar-refractivity contribution is -0.0436. The first-order valence-corrected chi connectivity index (χ1v) is 4.42. The molecule has 0 aliphatic rings. The maximum Gasteiger partial charge on any atom is 0.424 e. The quantitative estimate of drug-likeness (QED) is 0.518. The average molecular weight is 231 g/mol. The summed E-state index contributed by atoms with van der Waals surface area (Å²) in [7, 11) is 0. The van der Waals surface area contributed by atoms with E-state index in [0.29, 0.717) is 0 Å². The molecule has 0 rings (SSSR count). The Hall–Kier alpha value is -2.01. The van der Waals surface area contributed by atoms with Crippen molar-refractivity contribution in [2.75, 3.05) is 13.5 Å². The number of carbonyl (C=O) groups excluding carboxylic acids is 2. The van der Waals surface area contributed by atoms with Crippen molar-refractivity contribution in [3.8, 4) is 6.26 Å². The highest BCUT2D eigenvalue weighted by atomic mass is 16.7. The minimum absolute atomic E-state index is 0.0449. The average Bonchev–Trinajstić information content (AvgIpc) is 2.17. The van der Waals surface area contributed by atoms with Crippen LogP contribution in [-0.4, -0.2) is 31.8 Å². The van der Waals surface area contributed by atoms with E-state index in [1.165, 1.54) is 6.26 Å². The minimum atomic E-state index is -0.957. The molecular weight excluding hydrogens is 218 g/mol. The molecule has 8 nitrogen and oxygen atoms in total. The van der Waals surface area contributed by atoms with E-state index in [4.69, 9.17) is 10.00 Å². The Labute approximate surface area is 92.4 Å². The van der Waals surface area contributed by atoms with Crippen molar-refractivity contribution in [1.29, 1.82) is 5.26 Å². The molecule has 16 heavy (non-hydrogen) atoms. The van der Waals surface area contributed by atoms with Gasteiger partial charge in [0.05, 0.1) is 12.8 Å². The van der Waals surface area contributed by atoms with Gasteiger partial charge in [0.25, 0.3) is 6.26 Å². The fourth-order valence-electron chi connectivity index (χ4n) is 0.541. The van der Waals surface area contributed by atoms with Crippen LogP contribution in [0.15, 0.2) is 0 Å². The third-order valence-electron chi connectivity index (χ3n) is 1.20. The standard InChI is InChI=1S/C8H13N3O5/c1-6(2)15-5-16-8(13)11-4-10-7(12)14-3-9/h6H,4-5H2,1-2H3,(H,10,12)(H,11,13). The smallest absolute Gasteiger partial charge is 0.422 e. The molecule has 0 saturated carbocycles. The molecule has 0 unspecified atom stereocenters. The van der Waals surface area contributed by atoms with E-state index in [0.717, 1.165) is 0 Å². The first-order chi connectivity index (χ1) is 7.56. The molecule has 0 fully saturated rings. The zero-order valence-corrected chi connectivity index (χ0v) is 8.98. The number of alkyl carbamates (subject to hydrolysis) is 2. The van der Waals surface area contributed by atoms with Crippen LogP contribution in [0.25, 0.3) is 0 Å². The maximum absolute atomic E-state index is 10.9. The summed E-state index contributed by atoms with van der Waals surface area (Å²) in [6.45, 7) is 3.20. The predicted molar refractivity (Wildman–Crippen MR) is 50.8 cm³/mol. The van der Waals surface area contributed by atoms with Crippen LogP contribution in [0.5, 0.6) is 0 Å². The van der Waals surface area contributed by atoms with Crippen LogP contribution >= 0.6 is 0 Å². The van der Waals surface area contributed by atoms with Crippen LogP contribution in [0.3, 0.4) is 0 Å². The third-order valence-corrected chi connectivity index (χ3v) is 1.20. The number of hydrogen-bond donors (Lipinski definition) is 2. The van der Waals surface area contributed by atoms with Gasteiger partial charge in [0.1, 0.15) is 0 Å². The molecule has 0 aliphatic carbocycles. The van der Waals surface area contributed by atoms with Gasteiger partial charge >= 0.3 is 12.2 Å². The van der Waals surface area contributed by atoms with Crippen molar-refractivity contribution < 1.29 is 23.8 Å². The van der Waals surface area contributed by atoms with E-state index in [-0.39, 0.29) is 19.6 Å². The lowest BCUT2D eigenvalue weighted by atomic mass is 10.5. The summed E-state index contributed by atoms with van der Waals surface area (Å²) in [4.78, 5) is 21.4. The van der Waals surface area contributed by atoms with Gasteiger partial charge in [-0.05, 0) is 13.8 Å². The van der Waals surface area contributed by atoms with E-state index < -0.39 is 12.2 Å². The number of rotatable bonds is 5. The Bertz CT molecular complexity index is 273. The Balaban J connectivity index is 3.44. The lowest BCUT2D eigenvalue weighted by Crippen LogP contribution is -2.37. The Morgan fingerprint density at radius 2 is 1.94 bits per heavy atom. The van der Waals surface area contributed by atoms with E-state index in [2.05, 4.69) is 20.1 Å². The van der Waals surface area contributed by atoms with Crippen molar-refractivity contribution in [3.63, 3.8) is 0 Å². The number of ether oxygens (including phenoxy) is 3. The highest BCUT2D eigenvalue weighted by Crippen LogP contribution is 1.87. The van der Waals surface area contributed by atoms with Crippen LogP contribution in [0.1, 0.15) is 13.8 Å². The lowest BCUT2D eigenvalue weighted by Gasteiger charge is -2.09. The Morgan fingerprint density at radius 3 is 2.50 bits per heavy atom. The molecule has 2 N–H and O–H groups in total. The fourth-order valence-corrected chi connectivity index (χ4v) is 0.541. The number of amides is 2. The van der Waals surface area contributed by atoms with Gasteiger partial charge in [-0.15, -0.1) is 5.26 Å². The normalized spacial score (nSPS) is 9.12. The highest BCUT2D eigenvalue weighted by molar-refractivity contribution is 5.70. The van der Waals surface area contributed by atoms with Crippen molar-refractivity contribution in [3.05, 3.63) is 0 Å². The zero-order valence-electron chi connectivity index (χ0n) is 8.98. The second-order valence-electron chi connectivity index (χ2n) is 2.78. The van der Waals surface area contributed by atoms with E-state index in [9.17, 15) is 9.59 Å². The summed E-state index contributed by atoms with van der Waals surface area (Å²) < 4.78 is 13.4. The number of carbonyl (C=O) groups is 2. The van der Waals surface area contributed by atoms with Crippen molar-refractivity contribution in [2.45, 2.75) is 20.0 Å². The molecule has 0 spiro atoms. The van der Waals surface area contributed by atoms with E-state index >= 15 is 0 Å². The molecular formula is C8H13N3O5. The molecule has 0 heterocycles. The summed E-state index contributed by atoms with van der Waals surface area (Å²) in [5.74, 6) is 0. The second-order valence-corrected chi connectivity index (χ2v) is 2.78.